The first kappa shape index (κ1) is 16.5. The standard InChI is InChI=1S/C16H26N2O2S/c1-3-13-6-4-5-7-16(13)18-21(19,20)15-9-8-12(2)14(10-15)11-17/h8-10,13,16,18H,3-7,11,17H2,1-2H3. The van der Waals surface area contributed by atoms with E-state index in [2.05, 4.69) is 11.6 Å². The van der Waals surface area contributed by atoms with Gasteiger partial charge in [-0.15, -0.1) is 0 Å². The second kappa shape index (κ2) is 6.90. The highest BCUT2D eigenvalue weighted by Gasteiger charge is 2.28. The molecule has 118 valence electrons. The Kier molecular flexibility index (Phi) is 5.41. The van der Waals surface area contributed by atoms with Gasteiger partial charge in [-0.1, -0.05) is 32.3 Å². The van der Waals surface area contributed by atoms with Crippen molar-refractivity contribution in [3.63, 3.8) is 0 Å². The predicted molar refractivity (Wildman–Crippen MR) is 85.4 cm³/mol. The van der Waals surface area contributed by atoms with Crippen LogP contribution < -0.4 is 10.5 Å². The molecule has 2 unspecified atom stereocenters. The molecule has 1 aromatic carbocycles. The third-order valence-corrected chi connectivity index (χ3v) is 6.08. The van der Waals surface area contributed by atoms with E-state index in [0.29, 0.717) is 17.4 Å². The average molecular weight is 310 g/mol. The van der Waals surface area contributed by atoms with E-state index in [9.17, 15) is 8.42 Å². The minimum atomic E-state index is -3.46. The summed E-state index contributed by atoms with van der Waals surface area (Å²) in [7, 11) is -3.46. The van der Waals surface area contributed by atoms with Crippen LogP contribution >= 0.6 is 0 Å². The summed E-state index contributed by atoms with van der Waals surface area (Å²) in [4.78, 5) is 0.328. The molecule has 0 radical (unpaired) electrons. The lowest BCUT2D eigenvalue weighted by molar-refractivity contribution is 0.282. The molecule has 0 spiro atoms. The van der Waals surface area contributed by atoms with E-state index in [-0.39, 0.29) is 6.04 Å². The highest BCUT2D eigenvalue weighted by atomic mass is 32.2. The number of aryl methyl sites for hydroxylation is 1. The van der Waals surface area contributed by atoms with Gasteiger partial charge in [0, 0.05) is 12.6 Å². The van der Waals surface area contributed by atoms with E-state index in [1.165, 1.54) is 6.42 Å². The van der Waals surface area contributed by atoms with Gasteiger partial charge in [0.05, 0.1) is 4.90 Å². The fourth-order valence-corrected chi connectivity index (χ4v) is 4.54. The fraction of sp³-hybridized carbons (Fsp3) is 0.625. The van der Waals surface area contributed by atoms with Gasteiger partial charge in [-0.25, -0.2) is 13.1 Å². The van der Waals surface area contributed by atoms with Crippen molar-refractivity contribution in [2.75, 3.05) is 0 Å². The molecule has 1 aliphatic carbocycles. The van der Waals surface area contributed by atoms with Crippen LogP contribution in [0.3, 0.4) is 0 Å². The summed E-state index contributed by atoms with van der Waals surface area (Å²) in [5.74, 6) is 0.452. The van der Waals surface area contributed by atoms with Crippen molar-refractivity contribution in [3.8, 4) is 0 Å². The summed E-state index contributed by atoms with van der Waals surface area (Å²) in [6.45, 7) is 4.44. The van der Waals surface area contributed by atoms with Crippen molar-refractivity contribution in [3.05, 3.63) is 29.3 Å². The number of rotatable bonds is 5. The number of nitrogens with two attached hydrogens (primary N) is 1. The SMILES string of the molecule is CCC1CCCCC1NS(=O)(=O)c1ccc(C)c(CN)c1. The summed E-state index contributed by atoms with van der Waals surface area (Å²) < 4.78 is 28.1. The number of hydrogen-bond acceptors (Lipinski definition) is 3. The van der Waals surface area contributed by atoms with Gasteiger partial charge < -0.3 is 5.73 Å². The minimum Gasteiger partial charge on any atom is -0.326 e. The molecule has 0 heterocycles. The van der Waals surface area contributed by atoms with Crippen LogP contribution in [0.25, 0.3) is 0 Å². The second-order valence-corrected chi connectivity index (χ2v) is 7.69. The average Bonchev–Trinajstić information content (AvgIpc) is 2.47. The topological polar surface area (TPSA) is 72.2 Å². The van der Waals surface area contributed by atoms with Crippen LogP contribution in [0.5, 0.6) is 0 Å². The summed E-state index contributed by atoms with van der Waals surface area (Å²) in [5.41, 5.74) is 7.59. The molecule has 4 nitrogen and oxygen atoms in total. The van der Waals surface area contributed by atoms with Crippen LogP contribution in [-0.4, -0.2) is 14.5 Å². The summed E-state index contributed by atoms with van der Waals surface area (Å²) >= 11 is 0. The molecule has 1 saturated carbocycles. The molecule has 1 aromatic rings. The van der Waals surface area contributed by atoms with Crippen molar-refractivity contribution in [2.45, 2.75) is 63.4 Å². The maximum absolute atomic E-state index is 12.6. The van der Waals surface area contributed by atoms with E-state index in [4.69, 9.17) is 5.73 Å². The fourth-order valence-electron chi connectivity index (χ4n) is 3.15. The van der Waals surface area contributed by atoms with Crippen molar-refractivity contribution in [1.82, 2.24) is 4.72 Å². The smallest absolute Gasteiger partial charge is 0.240 e. The van der Waals surface area contributed by atoms with E-state index in [0.717, 1.165) is 36.8 Å². The van der Waals surface area contributed by atoms with Crippen molar-refractivity contribution in [2.24, 2.45) is 11.7 Å². The molecule has 5 heteroatoms. The van der Waals surface area contributed by atoms with Crippen LogP contribution in [-0.2, 0) is 16.6 Å². The number of nitrogens with one attached hydrogen (secondary N) is 1. The van der Waals surface area contributed by atoms with Crippen LogP contribution in [0.15, 0.2) is 23.1 Å². The Labute approximate surface area is 128 Å². The van der Waals surface area contributed by atoms with E-state index < -0.39 is 10.0 Å². The maximum Gasteiger partial charge on any atom is 0.240 e. The Morgan fingerprint density at radius 3 is 2.67 bits per heavy atom. The Bertz CT molecular complexity index is 584. The summed E-state index contributed by atoms with van der Waals surface area (Å²) in [6, 6.07) is 5.26. The zero-order chi connectivity index (χ0) is 15.5. The van der Waals surface area contributed by atoms with Crippen LogP contribution in [0, 0.1) is 12.8 Å². The van der Waals surface area contributed by atoms with Crippen LogP contribution in [0.1, 0.15) is 50.2 Å². The molecule has 2 atom stereocenters. The molecule has 0 saturated heterocycles. The quantitative estimate of drug-likeness (QED) is 0.878. The van der Waals surface area contributed by atoms with Crippen LogP contribution in [0.4, 0.5) is 0 Å². The lowest BCUT2D eigenvalue weighted by Crippen LogP contribution is -2.41. The number of hydrogen-bond donors (Lipinski definition) is 2. The first-order valence-electron chi connectivity index (χ1n) is 7.80. The van der Waals surface area contributed by atoms with Gasteiger partial charge in [0.1, 0.15) is 0 Å². The van der Waals surface area contributed by atoms with E-state index in [1.54, 1.807) is 12.1 Å². The lowest BCUT2D eigenvalue weighted by atomic mass is 9.83. The monoisotopic (exact) mass is 310 g/mol. The Morgan fingerprint density at radius 1 is 1.29 bits per heavy atom. The van der Waals surface area contributed by atoms with Crippen molar-refractivity contribution >= 4 is 10.0 Å². The second-order valence-electron chi connectivity index (χ2n) is 5.97. The largest absolute Gasteiger partial charge is 0.326 e. The van der Waals surface area contributed by atoms with Gasteiger partial charge >= 0.3 is 0 Å². The molecule has 0 bridgehead atoms. The van der Waals surface area contributed by atoms with E-state index >= 15 is 0 Å². The van der Waals surface area contributed by atoms with Gasteiger partial charge in [-0.2, -0.15) is 0 Å². The van der Waals surface area contributed by atoms with Crippen molar-refractivity contribution < 1.29 is 8.42 Å². The van der Waals surface area contributed by atoms with Gasteiger partial charge in [0.25, 0.3) is 0 Å². The Hall–Kier alpha value is -0.910. The molecule has 1 aliphatic rings. The summed E-state index contributed by atoms with van der Waals surface area (Å²) in [6.07, 6.45) is 5.39. The highest BCUT2D eigenvalue weighted by Crippen LogP contribution is 2.28. The van der Waals surface area contributed by atoms with Gasteiger partial charge in [0.15, 0.2) is 0 Å². The first-order chi connectivity index (χ1) is 9.97. The Morgan fingerprint density at radius 2 is 2.00 bits per heavy atom. The van der Waals surface area contributed by atoms with Gasteiger partial charge in [0.2, 0.25) is 10.0 Å². The minimum absolute atomic E-state index is 0.0661. The molecule has 0 aromatic heterocycles. The third-order valence-electron chi connectivity index (χ3n) is 4.59. The van der Waals surface area contributed by atoms with Crippen LogP contribution in [0.2, 0.25) is 0 Å². The normalized spacial score (nSPS) is 23.2. The zero-order valence-electron chi connectivity index (χ0n) is 12.9. The third kappa shape index (κ3) is 3.84. The molecule has 1 fully saturated rings. The molecule has 3 N–H and O–H groups in total. The molecule has 0 amide bonds. The first-order valence-corrected chi connectivity index (χ1v) is 9.28. The van der Waals surface area contributed by atoms with Gasteiger partial charge in [-0.05, 0) is 48.9 Å². The molecular weight excluding hydrogens is 284 g/mol. The lowest BCUT2D eigenvalue weighted by Gasteiger charge is -2.31. The summed E-state index contributed by atoms with van der Waals surface area (Å²) in [5, 5.41) is 0. The predicted octanol–water partition coefficient (Wildman–Crippen LogP) is 2.70. The molecule has 21 heavy (non-hydrogen) atoms. The van der Waals surface area contributed by atoms with Gasteiger partial charge in [-0.3, -0.25) is 0 Å². The van der Waals surface area contributed by atoms with Crippen molar-refractivity contribution in [1.29, 1.82) is 0 Å². The maximum atomic E-state index is 12.6. The molecule has 0 aliphatic heterocycles. The highest BCUT2D eigenvalue weighted by molar-refractivity contribution is 7.89. The Balaban J connectivity index is 2.21. The molecule has 2 rings (SSSR count). The number of sulfonamides is 1. The van der Waals surface area contributed by atoms with E-state index in [1.807, 2.05) is 13.0 Å². The molecular formula is C16H26N2O2S. The number of benzene rings is 1. The zero-order valence-corrected chi connectivity index (χ0v) is 13.7.